The Kier molecular flexibility index (Phi) is 4.70. The molecule has 0 aromatic heterocycles. The van der Waals surface area contributed by atoms with Crippen molar-refractivity contribution in [3.63, 3.8) is 0 Å². The molecule has 5 N–H and O–H groups in total. The summed E-state index contributed by atoms with van der Waals surface area (Å²) in [6.45, 7) is 5.11. The molecule has 15 heavy (non-hydrogen) atoms. The van der Waals surface area contributed by atoms with Crippen molar-refractivity contribution in [3.05, 3.63) is 0 Å². The van der Waals surface area contributed by atoms with E-state index >= 15 is 0 Å². The fraction of sp³-hybridized carbons (Fsp3) is 0.778. The molecule has 0 aromatic carbocycles. The van der Waals surface area contributed by atoms with Gasteiger partial charge in [-0.2, -0.15) is 0 Å². The molecule has 2 atom stereocenters. The van der Waals surface area contributed by atoms with E-state index in [0.29, 0.717) is 0 Å². The minimum Gasteiger partial charge on any atom is -0.480 e. The summed E-state index contributed by atoms with van der Waals surface area (Å²) in [6, 6.07) is -2.15. The van der Waals surface area contributed by atoms with E-state index in [1.54, 1.807) is 20.8 Å². The zero-order valence-electron chi connectivity index (χ0n) is 9.19. The summed E-state index contributed by atoms with van der Waals surface area (Å²) in [5.74, 6) is -1.83. The maximum atomic E-state index is 11.3. The molecule has 0 aliphatic heterocycles. The average Bonchev–Trinajstić information content (AvgIpc) is 2.00. The van der Waals surface area contributed by atoms with E-state index in [4.69, 9.17) is 21.3 Å². The van der Waals surface area contributed by atoms with E-state index in [2.05, 4.69) is 0 Å². The van der Waals surface area contributed by atoms with Gasteiger partial charge >= 0.3 is 11.9 Å². The summed E-state index contributed by atoms with van der Waals surface area (Å²) in [5, 5.41) is 8.51. The Balaban J connectivity index is 4.17. The number of rotatable bonds is 4. The number of aliphatic carboxylic acids is 1. The molecule has 88 valence electrons. The second-order valence-electron chi connectivity index (χ2n) is 4.32. The Bertz CT molecular complexity index is 247. The monoisotopic (exact) mass is 218 g/mol. The number of hydrogen-bond donors (Lipinski definition) is 3. The Morgan fingerprint density at radius 2 is 1.73 bits per heavy atom. The topological polar surface area (TPSA) is 116 Å². The highest BCUT2D eigenvalue weighted by Gasteiger charge is 2.25. The van der Waals surface area contributed by atoms with Crippen LogP contribution in [-0.4, -0.2) is 34.7 Å². The number of esters is 1. The molecular formula is C9H18N2O4. The number of carbonyl (C=O) groups excluding carboxylic acids is 1. The van der Waals surface area contributed by atoms with Gasteiger partial charge in [0, 0.05) is 0 Å². The summed E-state index contributed by atoms with van der Waals surface area (Å²) >= 11 is 0. The minimum absolute atomic E-state index is 0.135. The summed E-state index contributed by atoms with van der Waals surface area (Å²) in [4.78, 5) is 21.7. The van der Waals surface area contributed by atoms with Crippen LogP contribution in [-0.2, 0) is 14.3 Å². The van der Waals surface area contributed by atoms with Crippen molar-refractivity contribution in [3.8, 4) is 0 Å². The molecule has 0 radical (unpaired) electrons. The van der Waals surface area contributed by atoms with Gasteiger partial charge < -0.3 is 21.3 Å². The van der Waals surface area contributed by atoms with Gasteiger partial charge in [0.25, 0.3) is 0 Å². The highest BCUT2D eigenvalue weighted by Crippen LogP contribution is 2.09. The van der Waals surface area contributed by atoms with Crippen molar-refractivity contribution in [2.75, 3.05) is 0 Å². The van der Waals surface area contributed by atoms with Crippen LogP contribution in [0.4, 0.5) is 0 Å². The van der Waals surface area contributed by atoms with Crippen LogP contribution in [0.25, 0.3) is 0 Å². The number of carboxylic acid groups (broad SMARTS) is 1. The van der Waals surface area contributed by atoms with Crippen molar-refractivity contribution in [1.82, 2.24) is 0 Å². The highest BCUT2D eigenvalue weighted by molar-refractivity contribution is 5.78. The van der Waals surface area contributed by atoms with Crippen LogP contribution in [0.2, 0.25) is 0 Å². The van der Waals surface area contributed by atoms with Gasteiger partial charge in [0.2, 0.25) is 0 Å². The summed E-state index contributed by atoms with van der Waals surface area (Å²) < 4.78 is 4.97. The first-order valence-electron chi connectivity index (χ1n) is 4.60. The molecule has 0 aliphatic carbocycles. The highest BCUT2D eigenvalue weighted by atomic mass is 16.6. The lowest BCUT2D eigenvalue weighted by Crippen LogP contribution is -2.43. The Labute approximate surface area is 88.6 Å². The average molecular weight is 218 g/mol. The number of carboxylic acids is 1. The normalized spacial score (nSPS) is 15.5. The molecule has 0 spiro atoms. The Morgan fingerprint density at radius 1 is 1.27 bits per heavy atom. The van der Waals surface area contributed by atoms with Crippen molar-refractivity contribution >= 4 is 11.9 Å². The number of nitrogens with two attached hydrogens (primary N) is 2. The van der Waals surface area contributed by atoms with Gasteiger partial charge in [0.05, 0.1) is 0 Å². The third-order valence-corrected chi connectivity index (χ3v) is 1.53. The molecule has 0 unspecified atom stereocenters. The molecule has 0 heterocycles. The minimum atomic E-state index is -1.19. The summed E-state index contributed by atoms with van der Waals surface area (Å²) in [5.41, 5.74) is 10.0. The SMILES string of the molecule is CC(C)(C)OC(=O)[C@H](N)C[C@@H](N)C(=O)O. The second kappa shape index (κ2) is 5.09. The molecular weight excluding hydrogens is 200 g/mol. The first-order chi connectivity index (χ1) is 6.63. The van der Waals surface area contributed by atoms with Crippen LogP contribution in [0.1, 0.15) is 27.2 Å². The van der Waals surface area contributed by atoms with Crippen LogP contribution in [0, 0.1) is 0 Å². The molecule has 6 heteroatoms. The standard InChI is InChI=1S/C9H18N2O4/c1-9(2,3)15-8(14)6(11)4-5(10)7(12)13/h5-6H,4,10-11H2,1-3H3,(H,12,13)/t5-,6-/m1/s1. The largest absolute Gasteiger partial charge is 0.480 e. The van der Waals surface area contributed by atoms with E-state index in [9.17, 15) is 9.59 Å². The van der Waals surface area contributed by atoms with Crippen LogP contribution >= 0.6 is 0 Å². The number of hydrogen-bond acceptors (Lipinski definition) is 5. The predicted octanol–water partition coefficient (Wildman–Crippen LogP) is -0.543. The van der Waals surface area contributed by atoms with E-state index in [1.165, 1.54) is 0 Å². The van der Waals surface area contributed by atoms with Crippen LogP contribution in [0.3, 0.4) is 0 Å². The lowest BCUT2D eigenvalue weighted by Gasteiger charge is -2.22. The first kappa shape index (κ1) is 13.9. The van der Waals surface area contributed by atoms with E-state index < -0.39 is 29.6 Å². The quantitative estimate of drug-likeness (QED) is 0.545. The van der Waals surface area contributed by atoms with Gasteiger partial charge in [0.15, 0.2) is 0 Å². The van der Waals surface area contributed by atoms with Crippen molar-refractivity contribution in [2.24, 2.45) is 11.5 Å². The van der Waals surface area contributed by atoms with Gasteiger partial charge in [-0.05, 0) is 27.2 Å². The maximum absolute atomic E-state index is 11.3. The van der Waals surface area contributed by atoms with Crippen LogP contribution < -0.4 is 11.5 Å². The van der Waals surface area contributed by atoms with Crippen molar-refractivity contribution in [1.29, 1.82) is 0 Å². The fourth-order valence-corrected chi connectivity index (χ4v) is 0.848. The zero-order chi connectivity index (χ0) is 12.2. The maximum Gasteiger partial charge on any atom is 0.323 e. The lowest BCUT2D eigenvalue weighted by molar-refractivity contribution is -0.156. The van der Waals surface area contributed by atoms with Crippen LogP contribution in [0.15, 0.2) is 0 Å². The van der Waals surface area contributed by atoms with Gasteiger partial charge in [0.1, 0.15) is 17.7 Å². The summed E-state index contributed by atoms with van der Waals surface area (Å²) in [6.07, 6.45) is -0.135. The first-order valence-corrected chi connectivity index (χ1v) is 4.60. The molecule has 0 saturated heterocycles. The van der Waals surface area contributed by atoms with Crippen molar-refractivity contribution in [2.45, 2.75) is 44.9 Å². The Morgan fingerprint density at radius 3 is 2.07 bits per heavy atom. The molecule has 6 nitrogen and oxygen atoms in total. The second-order valence-corrected chi connectivity index (χ2v) is 4.32. The fourth-order valence-electron chi connectivity index (χ4n) is 0.848. The zero-order valence-corrected chi connectivity index (χ0v) is 9.19. The molecule has 0 aromatic rings. The molecule has 0 aliphatic rings. The molecule has 0 saturated carbocycles. The Hall–Kier alpha value is -1.14. The van der Waals surface area contributed by atoms with E-state index in [-0.39, 0.29) is 6.42 Å². The smallest absolute Gasteiger partial charge is 0.323 e. The van der Waals surface area contributed by atoms with Crippen LogP contribution in [0.5, 0.6) is 0 Å². The molecule has 0 fully saturated rings. The lowest BCUT2D eigenvalue weighted by atomic mass is 10.1. The van der Waals surface area contributed by atoms with Crippen molar-refractivity contribution < 1.29 is 19.4 Å². The number of carbonyl (C=O) groups is 2. The molecule has 0 bridgehead atoms. The van der Waals surface area contributed by atoms with E-state index in [0.717, 1.165) is 0 Å². The van der Waals surface area contributed by atoms with Gasteiger partial charge in [-0.25, -0.2) is 0 Å². The predicted molar refractivity (Wildman–Crippen MR) is 54.0 cm³/mol. The van der Waals surface area contributed by atoms with Gasteiger partial charge in [-0.1, -0.05) is 0 Å². The van der Waals surface area contributed by atoms with E-state index in [1.807, 2.05) is 0 Å². The molecule has 0 amide bonds. The van der Waals surface area contributed by atoms with Gasteiger partial charge in [-0.3, -0.25) is 9.59 Å². The molecule has 0 rings (SSSR count). The third kappa shape index (κ3) is 6.03. The van der Waals surface area contributed by atoms with Gasteiger partial charge in [-0.15, -0.1) is 0 Å². The number of ether oxygens (including phenoxy) is 1. The third-order valence-electron chi connectivity index (χ3n) is 1.53. The summed E-state index contributed by atoms with van der Waals surface area (Å²) in [7, 11) is 0.